The molecule has 44 heavy (non-hydrogen) atoms. The van der Waals surface area contributed by atoms with Gasteiger partial charge in [-0.15, -0.1) is 20.4 Å². The summed E-state index contributed by atoms with van der Waals surface area (Å²) in [5, 5.41) is 35.1. The molecule has 0 radical (unpaired) electrons. The molecule has 2 aromatic carbocycles. The molecule has 0 unspecified atom stereocenters. The first-order valence-electron chi connectivity index (χ1n) is 13.4. The van der Waals surface area contributed by atoms with Crippen molar-refractivity contribution in [3.63, 3.8) is 0 Å². The lowest BCUT2D eigenvalue weighted by atomic mass is 9.89. The number of hydrogen-bond donors (Lipinski definition) is 2. The van der Waals surface area contributed by atoms with Gasteiger partial charge >= 0.3 is 12.4 Å². The SMILES string of the molecule is Cc1cc(-c2nnc([C@@H](O)C(C)(C)C)o2)cc(C(F)(F)F)c1.Cc1cc(-c2nnc([C@H](O)C(C)(C)C)o2)cc(C(F)(F)F)c1. The third kappa shape index (κ3) is 8.65. The van der Waals surface area contributed by atoms with Crippen LogP contribution in [0.15, 0.2) is 45.2 Å². The molecule has 0 aliphatic rings. The molecule has 4 aromatic rings. The van der Waals surface area contributed by atoms with Gasteiger partial charge in [0.2, 0.25) is 23.6 Å². The van der Waals surface area contributed by atoms with Gasteiger partial charge in [0.25, 0.3) is 0 Å². The minimum absolute atomic E-state index is 0.0161. The smallest absolute Gasteiger partial charge is 0.416 e. The summed E-state index contributed by atoms with van der Waals surface area (Å²) in [6, 6.07) is 7.04. The van der Waals surface area contributed by atoms with Crippen molar-refractivity contribution in [2.45, 2.75) is 80.0 Å². The monoisotopic (exact) mass is 628 g/mol. The average molecular weight is 629 g/mol. The molecular weight excluding hydrogens is 594 g/mol. The van der Waals surface area contributed by atoms with E-state index in [1.165, 1.54) is 12.1 Å². The molecule has 0 saturated carbocycles. The van der Waals surface area contributed by atoms with Gasteiger partial charge in [0.15, 0.2) is 0 Å². The second kappa shape index (κ2) is 12.3. The van der Waals surface area contributed by atoms with Crippen LogP contribution >= 0.6 is 0 Å². The van der Waals surface area contributed by atoms with E-state index in [2.05, 4.69) is 20.4 Å². The Hall–Kier alpha value is -3.78. The Labute approximate surface area is 250 Å². The fraction of sp³-hybridized carbons (Fsp3) is 0.467. The van der Waals surface area contributed by atoms with E-state index in [1.54, 1.807) is 55.4 Å². The predicted molar refractivity (Wildman–Crippen MR) is 148 cm³/mol. The Morgan fingerprint density at radius 3 is 1.14 bits per heavy atom. The van der Waals surface area contributed by atoms with Crippen LogP contribution in [0.25, 0.3) is 22.9 Å². The highest BCUT2D eigenvalue weighted by Crippen LogP contribution is 2.37. The van der Waals surface area contributed by atoms with Gasteiger partial charge in [0.1, 0.15) is 12.2 Å². The summed E-state index contributed by atoms with van der Waals surface area (Å²) in [7, 11) is 0. The number of aryl methyl sites for hydroxylation is 2. The summed E-state index contributed by atoms with van der Waals surface area (Å²) < 4.78 is 87.8. The third-order valence-corrected chi connectivity index (χ3v) is 6.29. The van der Waals surface area contributed by atoms with Crippen LogP contribution in [-0.4, -0.2) is 30.6 Å². The van der Waals surface area contributed by atoms with Crippen LogP contribution < -0.4 is 0 Å². The molecule has 14 heteroatoms. The van der Waals surface area contributed by atoms with Crippen molar-refractivity contribution in [1.82, 2.24) is 20.4 Å². The van der Waals surface area contributed by atoms with Crippen molar-refractivity contribution in [3.05, 3.63) is 70.4 Å². The van der Waals surface area contributed by atoms with Crippen molar-refractivity contribution >= 4 is 0 Å². The van der Waals surface area contributed by atoms with Crippen LogP contribution in [0.2, 0.25) is 0 Å². The van der Waals surface area contributed by atoms with Gasteiger partial charge in [-0.25, -0.2) is 0 Å². The van der Waals surface area contributed by atoms with E-state index < -0.39 is 46.5 Å². The molecule has 0 saturated heterocycles. The molecule has 0 fully saturated rings. The molecule has 0 aliphatic carbocycles. The molecule has 0 aliphatic heterocycles. The van der Waals surface area contributed by atoms with Gasteiger partial charge in [-0.05, 0) is 72.2 Å². The number of alkyl halides is 6. The molecule has 2 aromatic heterocycles. The molecule has 2 heterocycles. The van der Waals surface area contributed by atoms with Gasteiger partial charge in [0.05, 0.1) is 11.1 Å². The highest BCUT2D eigenvalue weighted by atomic mass is 19.4. The largest absolute Gasteiger partial charge is 0.418 e. The van der Waals surface area contributed by atoms with Gasteiger partial charge < -0.3 is 19.0 Å². The molecule has 8 nitrogen and oxygen atoms in total. The second-order valence-corrected chi connectivity index (χ2v) is 12.6. The van der Waals surface area contributed by atoms with E-state index in [-0.39, 0.29) is 34.7 Å². The highest BCUT2D eigenvalue weighted by Gasteiger charge is 2.34. The van der Waals surface area contributed by atoms with E-state index in [1.807, 2.05) is 0 Å². The molecule has 2 N–H and O–H groups in total. The Bertz CT molecular complexity index is 1460. The zero-order valence-corrected chi connectivity index (χ0v) is 25.4. The molecule has 4 rings (SSSR count). The zero-order chi connectivity index (χ0) is 33.4. The quantitative estimate of drug-likeness (QED) is 0.217. The standard InChI is InChI=1S/2C15H17F3N2O2/c2*1-8-5-9(7-10(6-8)15(16,17)18)12-19-20-13(22-12)11(21)14(2,3)4/h2*5-7,11,21H,1-4H3/t2*11-/m10/s1. The van der Waals surface area contributed by atoms with Crippen molar-refractivity contribution in [3.8, 4) is 22.9 Å². The summed E-state index contributed by atoms with van der Waals surface area (Å²) in [5.41, 5.74) is -1.39. The minimum Gasteiger partial charge on any atom is -0.418 e. The summed E-state index contributed by atoms with van der Waals surface area (Å²) in [6.45, 7) is 13.8. The number of rotatable bonds is 4. The Morgan fingerprint density at radius 2 is 0.864 bits per heavy atom. The lowest BCUT2D eigenvalue weighted by Gasteiger charge is -2.22. The van der Waals surface area contributed by atoms with Crippen molar-refractivity contribution in [2.24, 2.45) is 10.8 Å². The first-order chi connectivity index (χ1) is 20.0. The van der Waals surface area contributed by atoms with Gasteiger partial charge in [0, 0.05) is 11.1 Å². The number of hydrogen-bond acceptors (Lipinski definition) is 8. The summed E-state index contributed by atoms with van der Waals surface area (Å²) >= 11 is 0. The number of nitrogens with zero attached hydrogens (tertiary/aromatic N) is 4. The van der Waals surface area contributed by atoms with Crippen LogP contribution in [0.1, 0.15) is 87.8 Å². The number of halogens is 6. The van der Waals surface area contributed by atoms with E-state index >= 15 is 0 Å². The van der Waals surface area contributed by atoms with Crippen molar-refractivity contribution in [2.75, 3.05) is 0 Å². The van der Waals surface area contributed by atoms with Crippen LogP contribution in [0.5, 0.6) is 0 Å². The van der Waals surface area contributed by atoms with E-state index in [9.17, 15) is 36.6 Å². The maximum Gasteiger partial charge on any atom is 0.416 e. The number of aromatic nitrogens is 4. The van der Waals surface area contributed by atoms with Crippen LogP contribution in [0, 0.1) is 24.7 Å². The maximum atomic E-state index is 12.8. The molecule has 0 amide bonds. The summed E-state index contributed by atoms with van der Waals surface area (Å²) in [4.78, 5) is 0. The van der Waals surface area contributed by atoms with Crippen molar-refractivity contribution < 1.29 is 45.4 Å². The van der Waals surface area contributed by atoms with Crippen LogP contribution in [0.3, 0.4) is 0 Å². The lowest BCUT2D eigenvalue weighted by Crippen LogP contribution is -2.18. The topological polar surface area (TPSA) is 118 Å². The number of aliphatic hydroxyl groups is 2. The minimum atomic E-state index is -4.45. The second-order valence-electron chi connectivity index (χ2n) is 12.6. The van der Waals surface area contributed by atoms with Gasteiger partial charge in [-0.1, -0.05) is 41.5 Å². The molecule has 240 valence electrons. The van der Waals surface area contributed by atoms with Crippen LogP contribution in [0.4, 0.5) is 26.3 Å². The van der Waals surface area contributed by atoms with Crippen LogP contribution in [-0.2, 0) is 12.4 Å². The summed E-state index contributed by atoms with van der Waals surface area (Å²) in [6.07, 6.45) is -10.9. The van der Waals surface area contributed by atoms with Gasteiger partial charge in [-0.3, -0.25) is 0 Å². The Kier molecular flexibility index (Phi) is 9.71. The normalized spacial score (nSPS) is 14.2. The molecule has 0 spiro atoms. The molecule has 2 atom stereocenters. The maximum absolute atomic E-state index is 12.8. The summed E-state index contributed by atoms with van der Waals surface area (Å²) in [5.74, 6) is -0.130. The zero-order valence-electron chi connectivity index (χ0n) is 25.4. The molecular formula is C30H34F6N4O4. The first-order valence-corrected chi connectivity index (χ1v) is 13.4. The first kappa shape index (κ1) is 34.7. The van der Waals surface area contributed by atoms with E-state index in [4.69, 9.17) is 8.83 Å². The highest BCUT2D eigenvalue weighted by molar-refractivity contribution is 5.57. The molecule has 0 bridgehead atoms. The Morgan fingerprint density at radius 1 is 0.545 bits per heavy atom. The Balaban J connectivity index is 0.000000240. The van der Waals surface area contributed by atoms with Gasteiger partial charge in [-0.2, -0.15) is 26.3 Å². The number of aliphatic hydroxyl groups excluding tert-OH is 2. The van der Waals surface area contributed by atoms with E-state index in [0.29, 0.717) is 11.1 Å². The lowest BCUT2D eigenvalue weighted by molar-refractivity contribution is -0.138. The number of benzene rings is 2. The van der Waals surface area contributed by atoms with Crippen molar-refractivity contribution in [1.29, 1.82) is 0 Å². The third-order valence-electron chi connectivity index (χ3n) is 6.29. The fourth-order valence-corrected chi connectivity index (χ4v) is 3.80. The fourth-order valence-electron chi connectivity index (χ4n) is 3.80. The predicted octanol–water partition coefficient (Wildman–Crippen LogP) is 8.29. The average Bonchev–Trinajstić information content (AvgIpc) is 3.56. The van der Waals surface area contributed by atoms with E-state index in [0.717, 1.165) is 24.3 Å².